The summed E-state index contributed by atoms with van der Waals surface area (Å²) in [5, 5.41) is 9.79. The minimum atomic E-state index is 0.640. The first kappa shape index (κ1) is 8.55. The van der Waals surface area contributed by atoms with Crippen LogP contribution in [0.2, 0.25) is 0 Å². The first-order chi connectivity index (χ1) is 6.86. The Morgan fingerprint density at radius 3 is 3.00 bits per heavy atom. The van der Waals surface area contributed by atoms with Crippen molar-refractivity contribution < 1.29 is 0 Å². The van der Waals surface area contributed by atoms with Crippen molar-refractivity contribution in [2.24, 2.45) is 0 Å². The monoisotopic (exact) mass is 189 g/mol. The average molecular weight is 189 g/mol. The van der Waals surface area contributed by atoms with Crippen molar-refractivity contribution in [3.05, 3.63) is 36.3 Å². The molecule has 5 heteroatoms. The fourth-order valence-electron chi connectivity index (χ4n) is 1.13. The Bertz CT molecular complexity index is 395. The normalized spacial score (nSPS) is 10.0. The third-order valence-corrected chi connectivity index (χ3v) is 1.84. The molecule has 0 aliphatic heterocycles. The number of nitrogen functional groups attached to an aromatic ring is 1. The molecule has 2 rings (SSSR count). The van der Waals surface area contributed by atoms with Gasteiger partial charge in [0.2, 0.25) is 0 Å². The zero-order chi connectivity index (χ0) is 9.80. The molecule has 0 unspecified atom stereocenters. The van der Waals surface area contributed by atoms with Crippen LogP contribution in [-0.2, 0) is 6.54 Å². The van der Waals surface area contributed by atoms with Crippen molar-refractivity contribution >= 4 is 11.5 Å². The molecule has 0 aliphatic rings. The highest BCUT2D eigenvalue weighted by atomic mass is 15.1. The van der Waals surface area contributed by atoms with E-state index in [-0.39, 0.29) is 0 Å². The average Bonchev–Trinajstić information content (AvgIpc) is 2.69. The summed E-state index contributed by atoms with van der Waals surface area (Å²) in [7, 11) is 0. The van der Waals surface area contributed by atoms with E-state index in [4.69, 9.17) is 5.73 Å². The van der Waals surface area contributed by atoms with Crippen molar-refractivity contribution in [3.8, 4) is 0 Å². The second kappa shape index (κ2) is 3.78. The zero-order valence-electron chi connectivity index (χ0n) is 7.57. The maximum Gasteiger partial charge on any atom is 0.149 e. The van der Waals surface area contributed by atoms with E-state index in [0.717, 1.165) is 5.69 Å². The number of anilines is 2. The number of rotatable bonds is 3. The summed E-state index contributed by atoms with van der Waals surface area (Å²) >= 11 is 0. The Labute approximate surface area is 81.4 Å². The van der Waals surface area contributed by atoms with Crippen molar-refractivity contribution in [1.29, 1.82) is 0 Å². The number of hydrogen-bond donors (Lipinski definition) is 3. The number of aromatic nitrogens is 3. The highest BCUT2D eigenvalue weighted by molar-refractivity contribution is 5.60. The maximum absolute atomic E-state index is 5.71. The third-order valence-electron chi connectivity index (χ3n) is 1.84. The van der Waals surface area contributed by atoms with Crippen molar-refractivity contribution in [2.45, 2.75) is 6.54 Å². The number of nitrogens with two attached hydrogens (primary N) is 1. The van der Waals surface area contributed by atoms with Crippen LogP contribution in [0.5, 0.6) is 0 Å². The van der Waals surface area contributed by atoms with E-state index in [1.54, 1.807) is 18.5 Å². The van der Waals surface area contributed by atoms with Crippen LogP contribution in [0.15, 0.2) is 30.6 Å². The molecular formula is C9H11N5. The Balaban J connectivity index is 2.02. The molecule has 2 aromatic rings. The van der Waals surface area contributed by atoms with Gasteiger partial charge in [0.15, 0.2) is 0 Å². The Kier molecular flexibility index (Phi) is 2.31. The molecule has 0 spiro atoms. The summed E-state index contributed by atoms with van der Waals surface area (Å²) in [6.07, 6.45) is 3.41. The minimum Gasteiger partial charge on any atom is -0.396 e. The molecule has 0 amide bonds. The summed E-state index contributed by atoms with van der Waals surface area (Å²) in [5.41, 5.74) is 7.35. The van der Waals surface area contributed by atoms with Gasteiger partial charge in [-0.2, -0.15) is 5.10 Å². The largest absolute Gasteiger partial charge is 0.396 e. The van der Waals surface area contributed by atoms with E-state index in [2.05, 4.69) is 20.5 Å². The second-order valence-corrected chi connectivity index (χ2v) is 2.88. The molecule has 0 aromatic carbocycles. The third kappa shape index (κ3) is 1.82. The first-order valence-corrected chi connectivity index (χ1v) is 4.29. The van der Waals surface area contributed by atoms with Crippen LogP contribution in [-0.4, -0.2) is 15.2 Å². The summed E-state index contributed by atoms with van der Waals surface area (Å²) in [5.74, 6) is 0.696. The minimum absolute atomic E-state index is 0.640. The molecule has 0 atom stereocenters. The number of H-pyrrole nitrogens is 1. The highest BCUT2D eigenvalue weighted by Crippen LogP contribution is 2.13. The summed E-state index contributed by atoms with van der Waals surface area (Å²) < 4.78 is 0. The van der Waals surface area contributed by atoms with Gasteiger partial charge in [-0.15, -0.1) is 0 Å². The zero-order valence-corrected chi connectivity index (χ0v) is 7.57. The van der Waals surface area contributed by atoms with Gasteiger partial charge in [-0.3, -0.25) is 5.10 Å². The van der Waals surface area contributed by atoms with Gasteiger partial charge >= 0.3 is 0 Å². The number of nitrogens with zero attached hydrogens (tertiary/aromatic N) is 2. The topological polar surface area (TPSA) is 79.6 Å². The van der Waals surface area contributed by atoms with Crippen molar-refractivity contribution in [2.75, 3.05) is 11.1 Å². The second-order valence-electron chi connectivity index (χ2n) is 2.88. The summed E-state index contributed by atoms with van der Waals surface area (Å²) in [4.78, 5) is 4.11. The quantitative estimate of drug-likeness (QED) is 0.673. The SMILES string of the molecule is Nc1cccnc1NCc1ccn[nH]1. The van der Waals surface area contributed by atoms with Gasteiger partial charge in [-0.25, -0.2) is 4.98 Å². The summed E-state index contributed by atoms with van der Waals surface area (Å²) in [6.45, 7) is 0.640. The van der Waals surface area contributed by atoms with E-state index in [9.17, 15) is 0 Å². The highest BCUT2D eigenvalue weighted by Gasteiger charge is 1.98. The van der Waals surface area contributed by atoms with Gasteiger partial charge in [-0.1, -0.05) is 0 Å². The van der Waals surface area contributed by atoms with E-state index in [1.807, 2.05) is 12.1 Å². The molecule has 0 saturated carbocycles. The van der Waals surface area contributed by atoms with Gasteiger partial charge in [0.1, 0.15) is 5.82 Å². The van der Waals surface area contributed by atoms with E-state index in [1.165, 1.54) is 0 Å². The fourth-order valence-corrected chi connectivity index (χ4v) is 1.13. The standard InChI is InChI=1S/C9H11N5/c10-8-2-1-4-11-9(8)12-6-7-3-5-13-14-7/h1-5H,6,10H2,(H,11,12)(H,13,14). The van der Waals surface area contributed by atoms with Crippen LogP contribution >= 0.6 is 0 Å². The Hall–Kier alpha value is -2.04. The molecule has 5 nitrogen and oxygen atoms in total. The molecular weight excluding hydrogens is 178 g/mol. The van der Waals surface area contributed by atoms with Gasteiger partial charge in [0, 0.05) is 12.4 Å². The molecule has 0 fully saturated rings. The number of hydrogen-bond acceptors (Lipinski definition) is 4. The lowest BCUT2D eigenvalue weighted by molar-refractivity contribution is 0.975. The molecule has 0 aliphatic carbocycles. The Morgan fingerprint density at radius 1 is 1.36 bits per heavy atom. The molecule has 2 heterocycles. The van der Waals surface area contributed by atoms with E-state index < -0.39 is 0 Å². The first-order valence-electron chi connectivity index (χ1n) is 4.29. The summed E-state index contributed by atoms with van der Waals surface area (Å²) in [6, 6.07) is 5.51. The van der Waals surface area contributed by atoms with Gasteiger partial charge in [0.25, 0.3) is 0 Å². The molecule has 14 heavy (non-hydrogen) atoms. The smallest absolute Gasteiger partial charge is 0.149 e. The lowest BCUT2D eigenvalue weighted by Gasteiger charge is -2.05. The number of pyridine rings is 1. The Morgan fingerprint density at radius 2 is 2.29 bits per heavy atom. The van der Waals surface area contributed by atoms with Crippen LogP contribution < -0.4 is 11.1 Å². The van der Waals surface area contributed by atoms with Crippen LogP contribution in [0, 0.1) is 0 Å². The maximum atomic E-state index is 5.71. The van der Waals surface area contributed by atoms with Gasteiger partial charge < -0.3 is 11.1 Å². The molecule has 0 saturated heterocycles. The predicted molar refractivity (Wildman–Crippen MR) is 54.6 cm³/mol. The van der Waals surface area contributed by atoms with Crippen LogP contribution in [0.3, 0.4) is 0 Å². The van der Waals surface area contributed by atoms with E-state index >= 15 is 0 Å². The van der Waals surface area contributed by atoms with Gasteiger partial charge in [-0.05, 0) is 18.2 Å². The number of aromatic amines is 1. The van der Waals surface area contributed by atoms with Gasteiger partial charge in [0.05, 0.1) is 17.9 Å². The fraction of sp³-hybridized carbons (Fsp3) is 0.111. The van der Waals surface area contributed by atoms with E-state index in [0.29, 0.717) is 18.1 Å². The lowest BCUT2D eigenvalue weighted by Crippen LogP contribution is -2.04. The van der Waals surface area contributed by atoms with Crippen LogP contribution in [0.4, 0.5) is 11.5 Å². The lowest BCUT2D eigenvalue weighted by atomic mass is 10.3. The predicted octanol–water partition coefficient (Wildman–Crippen LogP) is 0.999. The van der Waals surface area contributed by atoms with Crippen molar-refractivity contribution in [3.63, 3.8) is 0 Å². The molecule has 0 bridgehead atoms. The molecule has 72 valence electrons. The number of nitrogens with one attached hydrogen (secondary N) is 2. The van der Waals surface area contributed by atoms with Crippen LogP contribution in [0.25, 0.3) is 0 Å². The van der Waals surface area contributed by atoms with Crippen molar-refractivity contribution in [1.82, 2.24) is 15.2 Å². The molecule has 2 aromatic heterocycles. The van der Waals surface area contributed by atoms with Crippen LogP contribution in [0.1, 0.15) is 5.69 Å². The molecule has 4 N–H and O–H groups in total. The molecule has 0 radical (unpaired) electrons.